The van der Waals surface area contributed by atoms with Gasteiger partial charge >= 0.3 is 11.3 Å². The van der Waals surface area contributed by atoms with Crippen molar-refractivity contribution < 1.29 is 9.20 Å². The summed E-state index contributed by atoms with van der Waals surface area (Å²) < 4.78 is 8.40. The van der Waals surface area contributed by atoms with E-state index in [0.717, 1.165) is 16.9 Å². The van der Waals surface area contributed by atoms with Crippen molar-refractivity contribution in [1.82, 2.24) is 15.1 Å². The van der Waals surface area contributed by atoms with E-state index in [-0.39, 0.29) is 0 Å². The second-order valence-corrected chi connectivity index (χ2v) is 4.97. The first-order valence-corrected chi connectivity index (χ1v) is 7.13. The van der Waals surface area contributed by atoms with Gasteiger partial charge in [0.2, 0.25) is 0 Å². The molecule has 0 atom stereocenters. The van der Waals surface area contributed by atoms with E-state index in [1.165, 1.54) is 0 Å². The normalized spacial score (nSPS) is 10.8. The van der Waals surface area contributed by atoms with E-state index in [2.05, 4.69) is 10.4 Å². The minimum Gasteiger partial charge on any atom is -0.282 e. The number of rotatable bonds is 3. The van der Waals surface area contributed by atoms with E-state index >= 15 is 0 Å². The van der Waals surface area contributed by atoms with Crippen LogP contribution in [0.1, 0.15) is 0 Å². The number of para-hydroxylation sites is 2. The van der Waals surface area contributed by atoms with Crippen LogP contribution in [0.3, 0.4) is 0 Å². The Balaban J connectivity index is 1.96. The summed E-state index contributed by atoms with van der Waals surface area (Å²) >= 11 is 0. The Bertz CT molecular complexity index is 985. The average Bonchev–Trinajstić information content (AvgIpc) is 3.25. The van der Waals surface area contributed by atoms with Gasteiger partial charge in [-0.25, -0.2) is 9.48 Å². The minimum atomic E-state index is -0.425. The molecular formula is C17H13N4O2+. The highest BCUT2D eigenvalue weighted by Crippen LogP contribution is 2.17. The second-order valence-electron chi connectivity index (χ2n) is 4.97. The van der Waals surface area contributed by atoms with Crippen molar-refractivity contribution in [1.29, 1.82) is 0 Å². The van der Waals surface area contributed by atoms with Crippen LogP contribution in [0, 0.1) is 0 Å². The lowest BCUT2D eigenvalue weighted by molar-refractivity contribution is -0.660. The maximum absolute atomic E-state index is 12.2. The van der Waals surface area contributed by atoms with Crippen molar-refractivity contribution in [3.63, 3.8) is 0 Å². The van der Waals surface area contributed by atoms with E-state index in [9.17, 15) is 4.79 Å². The summed E-state index contributed by atoms with van der Waals surface area (Å²) in [6.45, 7) is 0. The maximum atomic E-state index is 12.2. The van der Waals surface area contributed by atoms with Crippen LogP contribution in [0.25, 0.3) is 22.6 Å². The molecule has 0 aliphatic carbocycles. The monoisotopic (exact) mass is 305 g/mol. The number of nitrogens with one attached hydrogen (secondary N) is 1. The summed E-state index contributed by atoms with van der Waals surface area (Å²) in [6.07, 6.45) is 3.55. The summed E-state index contributed by atoms with van der Waals surface area (Å²) in [4.78, 5) is 12.2. The van der Waals surface area contributed by atoms with Gasteiger partial charge in [0, 0.05) is 18.5 Å². The van der Waals surface area contributed by atoms with E-state index in [4.69, 9.17) is 4.52 Å². The fourth-order valence-electron chi connectivity index (χ4n) is 2.54. The third kappa shape index (κ3) is 2.26. The lowest BCUT2D eigenvalue weighted by Crippen LogP contribution is -2.37. The van der Waals surface area contributed by atoms with Gasteiger partial charge < -0.3 is 0 Å². The predicted octanol–water partition coefficient (Wildman–Crippen LogP) is 2.10. The summed E-state index contributed by atoms with van der Waals surface area (Å²) in [5.41, 5.74) is 2.38. The largest absolute Gasteiger partial charge is 0.435 e. The zero-order valence-corrected chi connectivity index (χ0v) is 12.1. The molecule has 0 radical (unpaired) electrons. The highest BCUT2D eigenvalue weighted by Gasteiger charge is 2.27. The number of hydrogen-bond acceptors (Lipinski definition) is 3. The van der Waals surface area contributed by atoms with Crippen molar-refractivity contribution in [3.8, 4) is 22.6 Å². The van der Waals surface area contributed by atoms with Gasteiger partial charge in [-0.3, -0.25) is 4.52 Å². The molecule has 0 aliphatic rings. The topological polar surface area (TPSA) is 67.7 Å². The van der Waals surface area contributed by atoms with E-state index in [1.807, 2.05) is 66.9 Å². The molecule has 2 aromatic carbocycles. The summed E-state index contributed by atoms with van der Waals surface area (Å²) in [5.74, 6) is 0. The first-order valence-electron chi connectivity index (χ1n) is 7.13. The molecule has 2 aromatic heterocycles. The second kappa shape index (κ2) is 5.42. The smallest absolute Gasteiger partial charge is 0.282 e. The molecule has 0 amide bonds. The average molecular weight is 305 g/mol. The maximum Gasteiger partial charge on any atom is 0.435 e. The Kier molecular flexibility index (Phi) is 3.12. The molecular weight excluding hydrogens is 292 g/mol. The predicted molar refractivity (Wildman–Crippen MR) is 83.4 cm³/mol. The fraction of sp³-hybridized carbons (Fsp3) is 0. The number of benzene rings is 2. The third-order valence-electron chi connectivity index (χ3n) is 3.57. The molecule has 0 fully saturated rings. The zero-order valence-electron chi connectivity index (χ0n) is 12.1. The van der Waals surface area contributed by atoms with Gasteiger partial charge in [-0.1, -0.05) is 30.3 Å². The van der Waals surface area contributed by atoms with Crippen LogP contribution in [0.4, 0.5) is 0 Å². The van der Waals surface area contributed by atoms with Gasteiger partial charge in [0.25, 0.3) is 5.69 Å². The van der Waals surface area contributed by atoms with Gasteiger partial charge in [0.1, 0.15) is 5.69 Å². The molecule has 0 unspecified atom stereocenters. The molecule has 0 saturated carbocycles. The van der Waals surface area contributed by atoms with Gasteiger partial charge in [0.15, 0.2) is 0 Å². The van der Waals surface area contributed by atoms with E-state index < -0.39 is 5.63 Å². The van der Waals surface area contributed by atoms with Crippen LogP contribution in [0.15, 0.2) is 82.4 Å². The highest BCUT2D eigenvalue weighted by molar-refractivity contribution is 5.56. The van der Waals surface area contributed by atoms with Gasteiger partial charge in [-0.2, -0.15) is 5.10 Å². The Morgan fingerprint density at radius 1 is 1.00 bits per heavy atom. The number of hydrogen-bond donors (Lipinski definition) is 1. The molecule has 0 spiro atoms. The first kappa shape index (κ1) is 13.3. The summed E-state index contributed by atoms with van der Waals surface area (Å²) in [7, 11) is 0. The fourth-order valence-corrected chi connectivity index (χ4v) is 2.54. The highest BCUT2D eigenvalue weighted by atomic mass is 16.5. The minimum absolute atomic E-state index is 0.425. The van der Waals surface area contributed by atoms with Gasteiger partial charge in [-0.05, 0) is 34.2 Å². The van der Waals surface area contributed by atoms with Crippen molar-refractivity contribution in [3.05, 3.63) is 83.5 Å². The molecule has 112 valence electrons. The van der Waals surface area contributed by atoms with Crippen LogP contribution < -0.4 is 10.3 Å². The number of nitrogens with zero attached hydrogens (tertiary/aromatic N) is 3. The van der Waals surface area contributed by atoms with Crippen molar-refractivity contribution in [2.24, 2.45) is 0 Å². The van der Waals surface area contributed by atoms with Gasteiger partial charge in [-0.15, -0.1) is 0 Å². The van der Waals surface area contributed by atoms with Crippen molar-refractivity contribution in [2.45, 2.75) is 0 Å². The molecule has 4 rings (SSSR count). The lowest BCUT2D eigenvalue weighted by Gasteiger charge is -2.03. The van der Waals surface area contributed by atoms with Crippen LogP contribution in [-0.4, -0.2) is 15.1 Å². The summed E-state index contributed by atoms with van der Waals surface area (Å²) in [5, 5.41) is 6.94. The Hall–Kier alpha value is -3.41. The molecule has 1 N–H and O–H groups in total. The van der Waals surface area contributed by atoms with Gasteiger partial charge in [0.05, 0.1) is 5.56 Å². The van der Waals surface area contributed by atoms with Crippen molar-refractivity contribution in [2.75, 3.05) is 0 Å². The molecule has 4 aromatic rings. The number of H-pyrrole nitrogens is 1. The molecule has 0 bridgehead atoms. The number of aromatic nitrogens is 4. The number of aromatic amines is 1. The Labute approximate surface area is 131 Å². The van der Waals surface area contributed by atoms with Crippen LogP contribution in [0.5, 0.6) is 0 Å². The summed E-state index contributed by atoms with van der Waals surface area (Å²) in [6, 6.07) is 18.9. The lowest BCUT2D eigenvalue weighted by atomic mass is 10.1. The van der Waals surface area contributed by atoms with E-state index in [1.54, 1.807) is 15.6 Å². The Morgan fingerprint density at radius 2 is 1.78 bits per heavy atom. The third-order valence-corrected chi connectivity index (χ3v) is 3.57. The molecule has 23 heavy (non-hydrogen) atoms. The zero-order chi connectivity index (χ0) is 15.6. The molecule has 6 heteroatoms. The Morgan fingerprint density at radius 3 is 2.57 bits per heavy atom. The SMILES string of the molecule is O=c1o[nH][n+](-c2ccccc2-n2cccn2)c1-c1ccccc1. The standard InChI is InChI=1S/C17H12N4O2/c22-17-16(13-7-2-1-3-8-13)21(19-23-17)15-10-5-4-9-14(15)20-12-6-11-18-20/h1-12H/p+1. The molecule has 6 nitrogen and oxygen atoms in total. The molecule has 0 saturated heterocycles. The first-order chi connectivity index (χ1) is 11.3. The molecule has 2 heterocycles. The van der Waals surface area contributed by atoms with Crippen LogP contribution in [0.2, 0.25) is 0 Å². The quantitative estimate of drug-likeness (QED) is 0.589. The van der Waals surface area contributed by atoms with Crippen LogP contribution in [-0.2, 0) is 0 Å². The van der Waals surface area contributed by atoms with Crippen LogP contribution >= 0.6 is 0 Å². The van der Waals surface area contributed by atoms with Crippen molar-refractivity contribution >= 4 is 0 Å². The molecule has 0 aliphatic heterocycles. The van der Waals surface area contributed by atoms with E-state index in [0.29, 0.717) is 5.69 Å².